The lowest BCUT2D eigenvalue weighted by Crippen LogP contribution is -2.32. The van der Waals surface area contributed by atoms with Crippen LogP contribution in [0.5, 0.6) is 0 Å². The first kappa shape index (κ1) is 11.7. The topological polar surface area (TPSA) is 55.1 Å². The number of anilines is 1. The molecular formula is C12H18N2O. The minimum Gasteiger partial charge on any atom is -0.324 e. The maximum atomic E-state index is 11.5. The van der Waals surface area contributed by atoms with Gasteiger partial charge in [-0.15, -0.1) is 0 Å². The molecule has 0 aliphatic heterocycles. The van der Waals surface area contributed by atoms with Gasteiger partial charge in [0, 0.05) is 5.69 Å². The summed E-state index contributed by atoms with van der Waals surface area (Å²) in [5, 5.41) is 2.84. The normalized spacial score (nSPS) is 12.3. The highest BCUT2D eigenvalue weighted by Gasteiger charge is 2.10. The van der Waals surface area contributed by atoms with Gasteiger partial charge in [0.2, 0.25) is 5.91 Å². The van der Waals surface area contributed by atoms with Gasteiger partial charge in [-0.05, 0) is 38.8 Å². The number of nitrogens with two attached hydrogens (primary N) is 1. The molecule has 1 amide bonds. The molecule has 1 rings (SSSR count). The van der Waals surface area contributed by atoms with Crippen molar-refractivity contribution in [2.75, 3.05) is 5.32 Å². The number of nitrogens with one attached hydrogen (secondary N) is 1. The third-order valence-electron chi connectivity index (χ3n) is 2.34. The van der Waals surface area contributed by atoms with Crippen LogP contribution in [0.4, 0.5) is 5.69 Å². The molecule has 1 aromatic carbocycles. The van der Waals surface area contributed by atoms with E-state index in [1.807, 2.05) is 32.9 Å². The van der Waals surface area contributed by atoms with E-state index in [0.717, 1.165) is 16.8 Å². The quantitative estimate of drug-likeness (QED) is 0.776. The Hall–Kier alpha value is -1.35. The molecule has 3 nitrogen and oxygen atoms in total. The summed E-state index contributed by atoms with van der Waals surface area (Å²) < 4.78 is 0. The monoisotopic (exact) mass is 206 g/mol. The maximum absolute atomic E-state index is 11.5. The third kappa shape index (κ3) is 2.80. The highest BCUT2D eigenvalue weighted by Crippen LogP contribution is 2.21. The summed E-state index contributed by atoms with van der Waals surface area (Å²) in [6, 6.07) is 3.61. The predicted octanol–water partition coefficient (Wildman–Crippen LogP) is 1.90. The largest absolute Gasteiger partial charge is 0.324 e. The van der Waals surface area contributed by atoms with Gasteiger partial charge in [-0.1, -0.05) is 17.7 Å². The molecule has 1 atom stereocenters. The zero-order chi connectivity index (χ0) is 11.6. The summed E-state index contributed by atoms with van der Waals surface area (Å²) in [4.78, 5) is 11.5. The molecule has 0 unspecified atom stereocenters. The fraction of sp³-hybridized carbons (Fsp3) is 0.417. The van der Waals surface area contributed by atoms with E-state index in [-0.39, 0.29) is 5.91 Å². The van der Waals surface area contributed by atoms with E-state index < -0.39 is 6.04 Å². The van der Waals surface area contributed by atoms with E-state index in [9.17, 15) is 4.79 Å². The van der Waals surface area contributed by atoms with Crippen LogP contribution >= 0.6 is 0 Å². The van der Waals surface area contributed by atoms with Crippen molar-refractivity contribution in [2.24, 2.45) is 5.73 Å². The van der Waals surface area contributed by atoms with E-state index in [1.54, 1.807) is 6.92 Å². The Kier molecular flexibility index (Phi) is 3.48. The zero-order valence-electron chi connectivity index (χ0n) is 9.72. The highest BCUT2D eigenvalue weighted by molar-refractivity contribution is 5.95. The molecule has 0 spiro atoms. The molecule has 0 fully saturated rings. The number of carbonyl (C=O) groups excluding carboxylic acids is 1. The summed E-state index contributed by atoms with van der Waals surface area (Å²) >= 11 is 0. The van der Waals surface area contributed by atoms with Crippen LogP contribution in [-0.4, -0.2) is 11.9 Å². The van der Waals surface area contributed by atoms with Crippen LogP contribution in [0.15, 0.2) is 12.1 Å². The Morgan fingerprint density at radius 2 is 1.73 bits per heavy atom. The second-order valence-corrected chi connectivity index (χ2v) is 4.05. The van der Waals surface area contributed by atoms with Crippen molar-refractivity contribution >= 4 is 11.6 Å². The van der Waals surface area contributed by atoms with Crippen molar-refractivity contribution in [2.45, 2.75) is 33.7 Å². The molecule has 1 aromatic rings. The molecule has 0 aromatic heterocycles. The summed E-state index contributed by atoms with van der Waals surface area (Å²) in [6.07, 6.45) is 0. The van der Waals surface area contributed by atoms with Crippen molar-refractivity contribution < 1.29 is 4.79 Å². The molecule has 0 saturated heterocycles. The minimum absolute atomic E-state index is 0.148. The fourth-order valence-corrected chi connectivity index (χ4v) is 1.61. The summed E-state index contributed by atoms with van der Waals surface area (Å²) in [5.41, 5.74) is 9.72. The van der Waals surface area contributed by atoms with Gasteiger partial charge < -0.3 is 11.1 Å². The molecule has 82 valence electrons. The number of hydrogen-bond donors (Lipinski definition) is 2. The number of carbonyl (C=O) groups is 1. The van der Waals surface area contributed by atoms with E-state index in [0.29, 0.717) is 0 Å². The Morgan fingerprint density at radius 1 is 1.27 bits per heavy atom. The number of hydrogen-bond acceptors (Lipinski definition) is 2. The van der Waals surface area contributed by atoms with Crippen molar-refractivity contribution in [3.05, 3.63) is 28.8 Å². The average molecular weight is 206 g/mol. The minimum atomic E-state index is -0.481. The van der Waals surface area contributed by atoms with Gasteiger partial charge in [0.25, 0.3) is 0 Å². The predicted molar refractivity (Wildman–Crippen MR) is 62.9 cm³/mol. The second-order valence-electron chi connectivity index (χ2n) is 4.05. The number of aryl methyl sites for hydroxylation is 3. The second kappa shape index (κ2) is 4.45. The van der Waals surface area contributed by atoms with Crippen molar-refractivity contribution in [3.63, 3.8) is 0 Å². The molecule has 0 saturated carbocycles. The molecule has 0 bridgehead atoms. The van der Waals surface area contributed by atoms with E-state index in [1.165, 1.54) is 5.56 Å². The van der Waals surface area contributed by atoms with Gasteiger partial charge in [-0.3, -0.25) is 4.79 Å². The van der Waals surface area contributed by atoms with Gasteiger partial charge in [0.15, 0.2) is 0 Å². The lowest BCUT2D eigenvalue weighted by molar-refractivity contribution is -0.117. The van der Waals surface area contributed by atoms with Crippen LogP contribution in [0, 0.1) is 20.8 Å². The first-order valence-electron chi connectivity index (χ1n) is 5.06. The molecule has 3 N–H and O–H groups in total. The van der Waals surface area contributed by atoms with Crippen LogP contribution in [0.3, 0.4) is 0 Å². The Bertz CT molecular complexity index is 360. The lowest BCUT2D eigenvalue weighted by Gasteiger charge is -2.14. The number of rotatable bonds is 2. The molecule has 0 radical (unpaired) electrons. The standard InChI is InChI=1S/C12H18N2O/c1-7-5-8(2)11(9(3)6-7)14-12(15)10(4)13/h5-6,10H,13H2,1-4H3,(H,14,15)/t10-/m0/s1. The molecular weight excluding hydrogens is 188 g/mol. The zero-order valence-corrected chi connectivity index (χ0v) is 9.72. The van der Waals surface area contributed by atoms with Crippen LogP contribution in [0.25, 0.3) is 0 Å². The van der Waals surface area contributed by atoms with Gasteiger partial charge in [-0.25, -0.2) is 0 Å². The first-order valence-corrected chi connectivity index (χ1v) is 5.06. The molecule has 0 heterocycles. The van der Waals surface area contributed by atoms with Crippen LogP contribution in [-0.2, 0) is 4.79 Å². The SMILES string of the molecule is Cc1cc(C)c(NC(=O)[C@H](C)N)c(C)c1. The number of amides is 1. The van der Waals surface area contributed by atoms with Crippen LogP contribution in [0.2, 0.25) is 0 Å². The van der Waals surface area contributed by atoms with Crippen molar-refractivity contribution in [1.82, 2.24) is 0 Å². The smallest absolute Gasteiger partial charge is 0.241 e. The first-order chi connectivity index (χ1) is 6.91. The van der Waals surface area contributed by atoms with E-state index >= 15 is 0 Å². The third-order valence-corrected chi connectivity index (χ3v) is 2.34. The summed E-state index contributed by atoms with van der Waals surface area (Å²) in [5.74, 6) is -0.148. The molecule has 0 aliphatic carbocycles. The van der Waals surface area contributed by atoms with Gasteiger partial charge in [-0.2, -0.15) is 0 Å². The van der Waals surface area contributed by atoms with E-state index in [4.69, 9.17) is 5.73 Å². The maximum Gasteiger partial charge on any atom is 0.241 e. The lowest BCUT2D eigenvalue weighted by atomic mass is 10.0. The molecule has 15 heavy (non-hydrogen) atoms. The fourth-order valence-electron chi connectivity index (χ4n) is 1.61. The molecule has 0 aliphatic rings. The Balaban J connectivity index is 3.00. The Labute approximate surface area is 90.7 Å². The van der Waals surface area contributed by atoms with Gasteiger partial charge >= 0.3 is 0 Å². The highest BCUT2D eigenvalue weighted by atomic mass is 16.2. The van der Waals surface area contributed by atoms with E-state index in [2.05, 4.69) is 5.32 Å². The Morgan fingerprint density at radius 3 is 2.13 bits per heavy atom. The van der Waals surface area contributed by atoms with Crippen molar-refractivity contribution in [1.29, 1.82) is 0 Å². The summed E-state index contributed by atoms with van der Waals surface area (Å²) in [6.45, 7) is 7.68. The molecule has 3 heteroatoms. The number of benzene rings is 1. The van der Waals surface area contributed by atoms with Gasteiger partial charge in [0.05, 0.1) is 6.04 Å². The van der Waals surface area contributed by atoms with Crippen LogP contribution < -0.4 is 11.1 Å². The average Bonchev–Trinajstić information content (AvgIpc) is 2.10. The van der Waals surface area contributed by atoms with Crippen LogP contribution in [0.1, 0.15) is 23.6 Å². The van der Waals surface area contributed by atoms with Crippen molar-refractivity contribution in [3.8, 4) is 0 Å². The summed E-state index contributed by atoms with van der Waals surface area (Å²) in [7, 11) is 0. The van der Waals surface area contributed by atoms with Gasteiger partial charge in [0.1, 0.15) is 0 Å².